The van der Waals surface area contributed by atoms with Crippen molar-refractivity contribution in [1.29, 1.82) is 0 Å². The third-order valence-corrected chi connectivity index (χ3v) is 6.96. The molecule has 0 fully saturated rings. The quantitative estimate of drug-likeness (QED) is 0.183. The van der Waals surface area contributed by atoms with E-state index in [0.29, 0.717) is 12.3 Å². The average molecular weight is 548 g/mol. The normalized spacial score (nSPS) is 12.8. The lowest BCUT2D eigenvalue weighted by atomic mass is 9.98. The van der Waals surface area contributed by atoms with Crippen molar-refractivity contribution in [1.82, 2.24) is 14.5 Å². The second-order valence-electron chi connectivity index (χ2n) is 8.65. The van der Waals surface area contributed by atoms with Crippen molar-refractivity contribution in [2.24, 2.45) is 4.99 Å². The van der Waals surface area contributed by atoms with Crippen LogP contribution < -0.4 is 0 Å². The van der Waals surface area contributed by atoms with Crippen molar-refractivity contribution in [3.63, 3.8) is 0 Å². The molecule has 1 aliphatic heterocycles. The first-order valence-electron chi connectivity index (χ1n) is 10.3. The number of hydrogen-bond donors (Lipinski definition) is 0. The van der Waals surface area contributed by atoms with Crippen LogP contribution in [0.2, 0.25) is 19.6 Å². The van der Waals surface area contributed by atoms with E-state index in [1.54, 1.807) is 6.20 Å². The monoisotopic (exact) mass is 548 g/mol. The Bertz CT molecular complexity index is 1400. The predicted molar refractivity (Wildman–Crippen MR) is 138 cm³/mol. The minimum Gasteiger partial charge on any atom is -0.442 e. The summed E-state index contributed by atoms with van der Waals surface area (Å²) >= 11 is 2.38. The summed E-state index contributed by atoms with van der Waals surface area (Å²) in [6, 6.07) is 14.7. The highest BCUT2D eigenvalue weighted by Crippen LogP contribution is 2.32. The number of halogens is 1. The fourth-order valence-corrected chi connectivity index (χ4v) is 4.83. The smallest absolute Gasteiger partial charge is 0.181 e. The molecule has 32 heavy (non-hydrogen) atoms. The molecule has 0 bridgehead atoms. The van der Waals surface area contributed by atoms with Crippen LogP contribution in [0.3, 0.4) is 0 Å². The fraction of sp³-hybridized carbons (Fsp3) is 0.160. The Hall–Kier alpha value is -2.96. The van der Waals surface area contributed by atoms with Gasteiger partial charge >= 0.3 is 0 Å². The number of aromatic nitrogens is 3. The molecule has 0 spiro atoms. The van der Waals surface area contributed by atoms with E-state index >= 15 is 0 Å². The van der Waals surface area contributed by atoms with Crippen LogP contribution in [-0.4, -0.2) is 28.3 Å². The fourth-order valence-electron chi connectivity index (χ4n) is 3.67. The van der Waals surface area contributed by atoms with Gasteiger partial charge in [-0.25, -0.2) is 9.97 Å². The molecule has 2 aromatic heterocycles. The number of nitrogens with zero attached hydrogens (tertiary/aromatic N) is 4. The van der Waals surface area contributed by atoms with Crippen molar-refractivity contribution in [3.05, 3.63) is 87.3 Å². The summed E-state index contributed by atoms with van der Waals surface area (Å²) in [5.74, 6) is 4.04. The van der Waals surface area contributed by atoms with Gasteiger partial charge < -0.3 is 4.42 Å². The molecule has 5 nitrogen and oxygen atoms in total. The highest BCUT2D eigenvalue weighted by Gasteiger charge is 2.24. The van der Waals surface area contributed by atoms with Gasteiger partial charge in [0.1, 0.15) is 20.1 Å². The number of aliphatic imine (C=N–C) groups is 1. The molecule has 0 atom stereocenters. The van der Waals surface area contributed by atoms with Crippen LogP contribution in [0.4, 0.5) is 0 Å². The van der Waals surface area contributed by atoms with Crippen molar-refractivity contribution in [2.75, 3.05) is 0 Å². The molecule has 158 valence electrons. The first-order chi connectivity index (χ1) is 15.4. The zero-order valence-corrected chi connectivity index (χ0v) is 21.2. The number of rotatable bonds is 2. The molecule has 0 aliphatic carbocycles. The van der Waals surface area contributed by atoms with Gasteiger partial charge in [-0.15, -0.1) is 5.54 Å². The summed E-state index contributed by atoms with van der Waals surface area (Å²) in [4.78, 5) is 13.8. The molecule has 3 heterocycles. The summed E-state index contributed by atoms with van der Waals surface area (Å²) in [5, 5.41) is 0. The maximum atomic E-state index is 5.54. The zero-order chi connectivity index (χ0) is 22.3. The predicted octanol–water partition coefficient (Wildman–Crippen LogP) is 5.71. The maximum absolute atomic E-state index is 5.54. The zero-order valence-electron chi connectivity index (χ0n) is 18.1. The first kappa shape index (κ1) is 20.9. The third kappa shape index (κ3) is 3.96. The molecule has 4 aromatic rings. The molecular formula is C25H21IN4OSi. The minimum absolute atomic E-state index is 0.487. The molecule has 1 aliphatic rings. The Morgan fingerprint density at radius 2 is 1.94 bits per heavy atom. The minimum atomic E-state index is -1.48. The van der Waals surface area contributed by atoms with E-state index in [2.05, 4.69) is 111 Å². The van der Waals surface area contributed by atoms with Gasteiger partial charge in [0.15, 0.2) is 12.2 Å². The van der Waals surface area contributed by atoms with Crippen LogP contribution in [0, 0.1) is 15.0 Å². The summed E-state index contributed by atoms with van der Waals surface area (Å²) in [5.41, 5.74) is 10.4. The van der Waals surface area contributed by atoms with Crippen LogP contribution in [0.1, 0.15) is 22.4 Å². The Labute approximate surface area is 201 Å². The van der Waals surface area contributed by atoms with E-state index in [1.165, 1.54) is 6.39 Å². The summed E-state index contributed by atoms with van der Waals surface area (Å²) in [7, 11) is -1.48. The van der Waals surface area contributed by atoms with Crippen molar-refractivity contribution >= 4 is 36.4 Å². The number of oxazole rings is 1. The van der Waals surface area contributed by atoms with Gasteiger partial charge in [-0.1, -0.05) is 43.8 Å². The number of benzene rings is 2. The van der Waals surface area contributed by atoms with E-state index in [-0.39, 0.29) is 0 Å². The molecule has 0 radical (unpaired) electrons. The third-order valence-electron chi connectivity index (χ3n) is 5.14. The number of hydrogen-bond acceptors (Lipinski definition) is 4. The molecule has 0 unspecified atom stereocenters. The highest BCUT2D eigenvalue weighted by molar-refractivity contribution is 14.1. The van der Waals surface area contributed by atoms with Gasteiger partial charge in [-0.3, -0.25) is 9.56 Å². The summed E-state index contributed by atoms with van der Waals surface area (Å²) < 4.78 is 8.80. The van der Waals surface area contributed by atoms with E-state index < -0.39 is 8.07 Å². The lowest BCUT2D eigenvalue weighted by Crippen LogP contribution is -2.16. The van der Waals surface area contributed by atoms with E-state index in [4.69, 9.17) is 9.41 Å². The Kier molecular flexibility index (Phi) is 5.35. The van der Waals surface area contributed by atoms with E-state index in [1.807, 2.05) is 6.33 Å². The van der Waals surface area contributed by atoms with Gasteiger partial charge in [-0.05, 0) is 46.9 Å². The van der Waals surface area contributed by atoms with Crippen LogP contribution >= 0.6 is 22.6 Å². The van der Waals surface area contributed by atoms with Crippen molar-refractivity contribution < 1.29 is 4.42 Å². The second kappa shape index (κ2) is 8.19. The molecule has 0 saturated heterocycles. The molecule has 5 rings (SSSR count). The van der Waals surface area contributed by atoms with Crippen LogP contribution in [0.5, 0.6) is 0 Å². The number of fused-ring (bicyclic) bond motifs is 3. The largest absolute Gasteiger partial charge is 0.442 e. The molecule has 0 amide bonds. The van der Waals surface area contributed by atoms with Gasteiger partial charge in [0.25, 0.3) is 0 Å². The Morgan fingerprint density at radius 1 is 1.09 bits per heavy atom. The molecular weight excluding hydrogens is 527 g/mol. The van der Waals surface area contributed by atoms with Crippen LogP contribution in [0.25, 0.3) is 17.1 Å². The first-order valence-corrected chi connectivity index (χ1v) is 14.9. The average Bonchev–Trinajstić information content (AvgIpc) is 3.40. The van der Waals surface area contributed by atoms with Crippen molar-refractivity contribution in [2.45, 2.75) is 26.2 Å². The second-order valence-corrected chi connectivity index (χ2v) is 14.6. The van der Waals surface area contributed by atoms with Crippen LogP contribution in [-0.2, 0) is 6.54 Å². The Morgan fingerprint density at radius 3 is 2.69 bits per heavy atom. The van der Waals surface area contributed by atoms with Gasteiger partial charge in [0.2, 0.25) is 0 Å². The molecule has 0 saturated carbocycles. The topological polar surface area (TPSA) is 56.2 Å². The lowest BCUT2D eigenvalue weighted by Gasteiger charge is -2.13. The van der Waals surface area contributed by atoms with E-state index in [0.717, 1.165) is 43.0 Å². The van der Waals surface area contributed by atoms with Gasteiger partial charge in [0.05, 0.1) is 29.8 Å². The Balaban J connectivity index is 1.73. The highest BCUT2D eigenvalue weighted by atomic mass is 127. The standard InChI is InChI=1S/C25H21IN4OSi/c1-32(2,3)11-10-17-8-9-21-19(12-17)24(18-6-4-5-7-20(18)26)28-13-22-25(29-15-30(21)22)23-14-27-16-31-23/h4-9,12,14-16H,13H2,1-3H3. The van der Waals surface area contributed by atoms with Crippen molar-refractivity contribution in [3.8, 4) is 28.6 Å². The van der Waals surface area contributed by atoms with Gasteiger partial charge in [0, 0.05) is 20.3 Å². The molecule has 2 aromatic carbocycles. The lowest BCUT2D eigenvalue weighted by molar-refractivity contribution is 0.569. The summed E-state index contributed by atoms with van der Waals surface area (Å²) in [6.07, 6.45) is 4.96. The number of imidazole rings is 1. The van der Waals surface area contributed by atoms with E-state index in [9.17, 15) is 0 Å². The van der Waals surface area contributed by atoms with Gasteiger partial charge in [-0.2, -0.15) is 0 Å². The molecule has 0 N–H and O–H groups in total. The maximum Gasteiger partial charge on any atom is 0.181 e. The van der Waals surface area contributed by atoms with Crippen LogP contribution in [0.15, 0.2) is 70.8 Å². The molecule has 7 heteroatoms. The SMILES string of the molecule is C[Si](C)(C)C#Cc1ccc2c(c1)C(c1ccccc1I)=NCc1c(-c3cnco3)ncn1-2. The summed E-state index contributed by atoms with van der Waals surface area (Å²) in [6.45, 7) is 7.25.